The minimum Gasteiger partial charge on any atom is -0.336 e. The van der Waals surface area contributed by atoms with Crippen LogP contribution in [0.15, 0.2) is 24.3 Å². The van der Waals surface area contributed by atoms with Crippen LogP contribution in [0.5, 0.6) is 0 Å². The number of aromatic nitrogens is 3. The van der Waals surface area contributed by atoms with Gasteiger partial charge in [-0.2, -0.15) is 0 Å². The lowest BCUT2D eigenvalue weighted by atomic mass is 9.80. The van der Waals surface area contributed by atoms with E-state index < -0.39 is 0 Å². The fourth-order valence-corrected chi connectivity index (χ4v) is 4.16. The first kappa shape index (κ1) is 19.1. The minimum absolute atomic E-state index is 0.180. The zero-order valence-electron chi connectivity index (χ0n) is 16.8. The Morgan fingerprint density at radius 3 is 2.50 bits per heavy atom. The molecule has 1 aromatic heterocycles. The summed E-state index contributed by atoms with van der Waals surface area (Å²) in [5.74, 6) is 2.63. The summed E-state index contributed by atoms with van der Waals surface area (Å²) in [4.78, 5) is 16.8. The highest BCUT2D eigenvalue weighted by Crippen LogP contribution is 2.34. The molecule has 1 aliphatic carbocycles. The second-order valence-electron chi connectivity index (χ2n) is 8.16. The number of nitrogens with zero attached hydrogens (tertiary/aromatic N) is 5. The summed E-state index contributed by atoms with van der Waals surface area (Å²) in [5.41, 5.74) is 8.36. The molecule has 1 aromatic carbocycles. The van der Waals surface area contributed by atoms with Gasteiger partial charge in [-0.1, -0.05) is 29.8 Å². The van der Waals surface area contributed by atoms with Crippen LogP contribution in [0.3, 0.4) is 0 Å². The molecule has 150 valence electrons. The largest absolute Gasteiger partial charge is 0.336 e. The molecule has 4 rings (SSSR count). The molecule has 1 amide bonds. The average Bonchev–Trinajstić information content (AvgIpc) is 3.05. The van der Waals surface area contributed by atoms with Crippen molar-refractivity contribution < 1.29 is 4.79 Å². The average molecular weight is 383 g/mol. The Morgan fingerprint density at radius 2 is 1.86 bits per heavy atom. The smallest absolute Gasteiger partial charge is 0.237 e. The molecule has 0 unspecified atom stereocenters. The summed E-state index contributed by atoms with van der Waals surface area (Å²) in [5, 5.41) is 8.88. The van der Waals surface area contributed by atoms with Gasteiger partial charge < -0.3 is 15.2 Å². The topological polar surface area (TPSA) is 80.3 Å². The van der Waals surface area contributed by atoms with Gasteiger partial charge in [0.05, 0.1) is 13.1 Å². The number of piperazine rings is 1. The number of carbonyl (C=O) groups excluding carboxylic acids is 1. The number of nitrogens with two attached hydrogens (primary N) is 1. The maximum Gasteiger partial charge on any atom is 0.237 e. The molecule has 7 nitrogen and oxygen atoms in total. The zero-order valence-corrected chi connectivity index (χ0v) is 16.8. The Bertz CT molecular complexity index is 824. The van der Waals surface area contributed by atoms with Crippen LogP contribution in [0.4, 0.5) is 0 Å². The van der Waals surface area contributed by atoms with Crippen molar-refractivity contribution in [2.45, 2.75) is 58.3 Å². The van der Waals surface area contributed by atoms with E-state index in [-0.39, 0.29) is 5.91 Å². The summed E-state index contributed by atoms with van der Waals surface area (Å²) < 4.78 is 2.21. The number of hydrogen-bond donors (Lipinski definition) is 1. The lowest BCUT2D eigenvalue weighted by molar-refractivity contribution is -0.136. The van der Waals surface area contributed by atoms with Crippen molar-refractivity contribution in [3.8, 4) is 0 Å². The van der Waals surface area contributed by atoms with Crippen molar-refractivity contribution in [3.63, 3.8) is 0 Å². The molecule has 1 saturated heterocycles. The Labute approximate surface area is 166 Å². The van der Waals surface area contributed by atoms with Gasteiger partial charge in [0.25, 0.3) is 0 Å². The molecule has 2 aromatic rings. The normalized spacial score (nSPS) is 23.1. The van der Waals surface area contributed by atoms with Crippen molar-refractivity contribution in [2.24, 2.45) is 5.73 Å². The van der Waals surface area contributed by atoms with Crippen molar-refractivity contribution in [1.82, 2.24) is 24.6 Å². The Balaban J connectivity index is 1.36. The van der Waals surface area contributed by atoms with Gasteiger partial charge >= 0.3 is 0 Å². The van der Waals surface area contributed by atoms with Crippen LogP contribution >= 0.6 is 0 Å². The van der Waals surface area contributed by atoms with Gasteiger partial charge in [0.15, 0.2) is 0 Å². The van der Waals surface area contributed by atoms with Gasteiger partial charge in [-0.25, -0.2) is 0 Å². The summed E-state index contributed by atoms with van der Waals surface area (Å²) in [6.07, 6.45) is 1.99. The third-order valence-corrected chi connectivity index (χ3v) is 5.97. The molecule has 28 heavy (non-hydrogen) atoms. The molecule has 0 atom stereocenters. The van der Waals surface area contributed by atoms with Gasteiger partial charge in [-0.15, -0.1) is 10.2 Å². The molecule has 2 aliphatic rings. The molecule has 1 aliphatic heterocycles. The van der Waals surface area contributed by atoms with Crippen molar-refractivity contribution >= 4 is 5.91 Å². The van der Waals surface area contributed by atoms with Gasteiger partial charge in [-0.3, -0.25) is 9.69 Å². The number of aryl methyl sites for hydroxylation is 1. The fourth-order valence-electron chi connectivity index (χ4n) is 4.16. The first-order valence-electron chi connectivity index (χ1n) is 10.3. The fraction of sp³-hybridized carbons (Fsp3) is 0.571. The standard InChI is InChI=1S/C21H30N6O/c1-3-27-19(23-24-21(27)17-10-18(22)11-17)13-25-8-9-26(20(28)14-25)12-16-6-4-15(2)5-7-16/h4-7,17-18H,3,8-14,22H2,1-2H3. The van der Waals surface area contributed by atoms with Crippen LogP contribution in [0, 0.1) is 6.92 Å². The third kappa shape index (κ3) is 3.95. The van der Waals surface area contributed by atoms with Crippen LogP contribution in [-0.2, 0) is 24.4 Å². The summed E-state index contributed by atoms with van der Waals surface area (Å²) in [7, 11) is 0. The molecular weight excluding hydrogens is 352 g/mol. The highest BCUT2D eigenvalue weighted by Gasteiger charge is 2.32. The van der Waals surface area contributed by atoms with E-state index in [0.717, 1.165) is 44.1 Å². The number of hydrogen-bond acceptors (Lipinski definition) is 5. The monoisotopic (exact) mass is 382 g/mol. The zero-order chi connectivity index (χ0) is 19.7. The van der Waals surface area contributed by atoms with E-state index in [1.807, 2.05) is 4.90 Å². The first-order valence-corrected chi connectivity index (χ1v) is 10.3. The lowest BCUT2D eigenvalue weighted by Crippen LogP contribution is -2.49. The molecule has 0 spiro atoms. The highest BCUT2D eigenvalue weighted by molar-refractivity contribution is 5.79. The highest BCUT2D eigenvalue weighted by atomic mass is 16.2. The number of carbonyl (C=O) groups is 1. The number of benzene rings is 1. The predicted octanol–water partition coefficient (Wildman–Crippen LogP) is 1.66. The summed E-state index contributed by atoms with van der Waals surface area (Å²) >= 11 is 0. The van der Waals surface area contributed by atoms with E-state index in [1.165, 1.54) is 11.1 Å². The second-order valence-corrected chi connectivity index (χ2v) is 8.16. The molecular formula is C21H30N6O. The molecule has 2 N–H and O–H groups in total. The maximum absolute atomic E-state index is 12.7. The van der Waals surface area contributed by atoms with Crippen LogP contribution < -0.4 is 5.73 Å². The Morgan fingerprint density at radius 1 is 1.11 bits per heavy atom. The Hall–Kier alpha value is -2.25. The third-order valence-electron chi connectivity index (χ3n) is 5.97. The van der Waals surface area contributed by atoms with E-state index in [2.05, 4.69) is 57.8 Å². The first-order chi connectivity index (χ1) is 13.5. The second kappa shape index (κ2) is 8.01. The van der Waals surface area contributed by atoms with E-state index in [1.54, 1.807) is 0 Å². The molecule has 0 bridgehead atoms. The molecule has 1 saturated carbocycles. The number of amides is 1. The molecule has 7 heteroatoms. The van der Waals surface area contributed by atoms with E-state index in [0.29, 0.717) is 31.6 Å². The molecule has 2 heterocycles. The van der Waals surface area contributed by atoms with Crippen molar-refractivity contribution in [1.29, 1.82) is 0 Å². The van der Waals surface area contributed by atoms with E-state index in [9.17, 15) is 4.79 Å². The van der Waals surface area contributed by atoms with Gasteiger partial charge in [-0.05, 0) is 32.3 Å². The lowest BCUT2D eigenvalue weighted by Gasteiger charge is -2.34. The molecule has 2 fully saturated rings. The van der Waals surface area contributed by atoms with Crippen LogP contribution in [0.2, 0.25) is 0 Å². The van der Waals surface area contributed by atoms with Crippen molar-refractivity contribution in [3.05, 3.63) is 47.0 Å². The van der Waals surface area contributed by atoms with Crippen molar-refractivity contribution in [2.75, 3.05) is 19.6 Å². The maximum atomic E-state index is 12.7. The number of rotatable bonds is 6. The van der Waals surface area contributed by atoms with E-state index >= 15 is 0 Å². The van der Waals surface area contributed by atoms with Crippen LogP contribution in [0.1, 0.15) is 48.5 Å². The SMILES string of the molecule is CCn1c(CN2CCN(Cc3ccc(C)cc3)C(=O)C2)nnc1C1CC(N)C1. The van der Waals surface area contributed by atoms with Gasteiger partial charge in [0.2, 0.25) is 5.91 Å². The Kier molecular flexibility index (Phi) is 5.46. The van der Waals surface area contributed by atoms with Gasteiger partial charge in [0, 0.05) is 38.1 Å². The minimum atomic E-state index is 0.180. The van der Waals surface area contributed by atoms with Gasteiger partial charge in [0.1, 0.15) is 11.6 Å². The van der Waals surface area contributed by atoms with Crippen LogP contribution in [-0.4, -0.2) is 56.1 Å². The van der Waals surface area contributed by atoms with Crippen LogP contribution in [0.25, 0.3) is 0 Å². The van der Waals surface area contributed by atoms with E-state index in [4.69, 9.17) is 5.73 Å². The predicted molar refractivity (Wildman–Crippen MR) is 108 cm³/mol. The summed E-state index contributed by atoms with van der Waals surface area (Å²) in [6.45, 7) is 8.45. The quantitative estimate of drug-likeness (QED) is 0.822. The summed E-state index contributed by atoms with van der Waals surface area (Å²) in [6, 6.07) is 8.70. The molecule has 0 radical (unpaired) electrons.